The first-order valence-corrected chi connectivity index (χ1v) is 8.69. The van der Waals surface area contributed by atoms with E-state index < -0.39 is 0 Å². The van der Waals surface area contributed by atoms with Gasteiger partial charge >= 0.3 is 0 Å². The van der Waals surface area contributed by atoms with Crippen LogP contribution in [0.2, 0.25) is 0 Å². The second-order valence-corrected chi connectivity index (χ2v) is 6.89. The van der Waals surface area contributed by atoms with Crippen molar-refractivity contribution in [2.24, 2.45) is 17.7 Å². The maximum atomic E-state index is 6.06. The molecule has 1 fully saturated rings. The van der Waals surface area contributed by atoms with Crippen LogP contribution in [0.15, 0.2) is 30.3 Å². The molecule has 0 bridgehead atoms. The molecule has 0 heterocycles. The number of hydrogen-bond donors (Lipinski definition) is 2. The molecule has 21 heavy (non-hydrogen) atoms. The molecule has 1 aromatic rings. The molecule has 0 amide bonds. The van der Waals surface area contributed by atoms with Crippen LogP contribution < -0.4 is 11.3 Å². The summed E-state index contributed by atoms with van der Waals surface area (Å²) in [5.41, 5.74) is 4.82. The Hall–Kier alpha value is -0.860. The van der Waals surface area contributed by atoms with Crippen molar-refractivity contribution in [3.63, 3.8) is 0 Å². The van der Waals surface area contributed by atoms with E-state index in [1.165, 1.54) is 31.2 Å². The maximum Gasteiger partial charge on any atom is 0.0335 e. The zero-order valence-electron chi connectivity index (χ0n) is 13.9. The fourth-order valence-corrected chi connectivity index (χ4v) is 4.41. The van der Waals surface area contributed by atoms with E-state index in [2.05, 4.69) is 56.5 Å². The van der Waals surface area contributed by atoms with Gasteiger partial charge in [-0.1, -0.05) is 63.9 Å². The number of rotatable bonds is 6. The van der Waals surface area contributed by atoms with Crippen LogP contribution in [0.4, 0.5) is 0 Å². The molecule has 1 atom stereocenters. The summed E-state index contributed by atoms with van der Waals surface area (Å²) in [6, 6.07) is 11.4. The standard InChI is InChI=1S/C19H32N2/c1-4-19(5-2,17-9-7-6-8-10-17)18(21-20)16-13-11-15(3)12-14-16/h6-10,15-16,18,21H,4-5,11-14,20H2,1-3H3. The van der Waals surface area contributed by atoms with Gasteiger partial charge in [0.2, 0.25) is 0 Å². The van der Waals surface area contributed by atoms with Crippen LogP contribution in [0.5, 0.6) is 0 Å². The monoisotopic (exact) mass is 288 g/mol. The van der Waals surface area contributed by atoms with Gasteiger partial charge in [0.25, 0.3) is 0 Å². The molecule has 0 aliphatic heterocycles. The van der Waals surface area contributed by atoms with Gasteiger partial charge in [-0.2, -0.15) is 0 Å². The lowest BCUT2D eigenvalue weighted by Gasteiger charge is -2.45. The normalized spacial score (nSPS) is 24.8. The summed E-state index contributed by atoms with van der Waals surface area (Å²) in [6.07, 6.45) is 7.58. The number of hydrazine groups is 1. The zero-order valence-corrected chi connectivity index (χ0v) is 13.9. The van der Waals surface area contributed by atoms with Crippen LogP contribution in [0.1, 0.15) is 64.9 Å². The number of benzene rings is 1. The van der Waals surface area contributed by atoms with E-state index in [4.69, 9.17) is 5.84 Å². The summed E-state index contributed by atoms with van der Waals surface area (Å²) in [6.45, 7) is 7.00. The highest BCUT2D eigenvalue weighted by molar-refractivity contribution is 5.28. The third-order valence-corrected chi connectivity index (χ3v) is 5.92. The molecule has 1 aromatic carbocycles. The molecule has 1 aliphatic carbocycles. The second kappa shape index (κ2) is 7.42. The van der Waals surface area contributed by atoms with E-state index in [0.29, 0.717) is 12.0 Å². The Morgan fingerprint density at radius 3 is 2.14 bits per heavy atom. The van der Waals surface area contributed by atoms with Crippen LogP contribution in [0, 0.1) is 11.8 Å². The molecular weight excluding hydrogens is 256 g/mol. The SMILES string of the molecule is CCC(CC)(c1ccccc1)C(NN)C1CCC(C)CC1. The number of nitrogens with two attached hydrogens (primary N) is 1. The van der Waals surface area contributed by atoms with Gasteiger partial charge in [-0.15, -0.1) is 0 Å². The van der Waals surface area contributed by atoms with Crippen LogP contribution in [-0.2, 0) is 5.41 Å². The first-order chi connectivity index (χ1) is 10.2. The van der Waals surface area contributed by atoms with Crippen molar-refractivity contribution < 1.29 is 0 Å². The summed E-state index contributed by atoms with van der Waals surface area (Å²) >= 11 is 0. The summed E-state index contributed by atoms with van der Waals surface area (Å²) in [5, 5.41) is 0. The molecule has 0 spiro atoms. The highest BCUT2D eigenvalue weighted by Gasteiger charge is 2.41. The van der Waals surface area contributed by atoms with Crippen molar-refractivity contribution in [2.45, 2.75) is 70.8 Å². The van der Waals surface area contributed by atoms with E-state index in [9.17, 15) is 0 Å². The molecule has 0 saturated heterocycles. The van der Waals surface area contributed by atoms with Gasteiger partial charge in [0, 0.05) is 11.5 Å². The Bertz CT molecular complexity index is 403. The minimum Gasteiger partial charge on any atom is -0.271 e. The second-order valence-electron chi connectivity index (χ2n) is 6.89. The first kappa shape index (κ1) is 16.5. The van der Waals surface area contributed by atoms with Gasteiger partial charge in [0.1, 0.15) is 0 Å². The predicted octanol–water partition coefficient (Wildman–Crippen LogP) is 4.40. The van der Waals surface area contributed by atoms with Crippen LogP contribution in [-0.4, -0.2) is 6.04 Å². The summed E-state index contributed by atoms with van der Waals surface area (Å²) in [5.74, 6) is 7.65. The summed E-state index contributed by atoms with van der Waals surface area (Å²) < 4.78 is 0. The van der Waals surface area contributed by atoms with Gasteiger partial charge in [-0.05, 0) is 43.1 Å². The minimum absolute atomic E-state index is 0.154. The minimum atomic E-state index is 0.154. The third-order valence-electron chi connectivity index (χ3n) is 5.92. The first-order valence-electron chi connectivity index (χ1n) is 8.69. The van der Waals surface area contributed by atoms with Crippen LogP contribution >= 0.6 is 0 Å². The third kappa shape index (κ3) is 3.32. The van der Waals surface area contributed by atoms with Gasteiger partial charge in [0.05, 0.1) is 0 Å². The van der Waals surface area contributed by atoms with Crippen molar-refractivity contribution in [2.75, 3.05) is 0 Å². The summed E-state index contributed by atoms with van der Waals surface area (Å²) in [4.78, 5) is 0. The quantitative estimate of drug-likeness (QED) is 0.601. The van der Waals surface area contributed by atoms with E-state index in [0.717, 1.165) is 18.8 Å². The Kier molecular flexibility index (Phi) is 5.83. The highest BCUT2D eigenvalue weighted by atomic mass is 15.2. The van der Waals surface area contributed by atoms with Crippen molar-refractivity contribution in [1.29, 1.82) is 0 Å². The van der Waals surface area contributed by atoms with E-state index >= 15 is 0 Å². The Labute approximate surface area is 130 Å². The largest absolute Gasteiger partial charge is 0.271 e. The molecule has 0 aromatic heterocycles. The fraction of sp³-hybridized carbons (Fsp3) is 0.684. The fourth-order valence-electron chi connectivity index (χ4n) is 4.41. The topological polar surface area (TPSA) is 38.0 Å². The zero-order chi connectivity index (χ0) is 15.3. The van der Waals surface area contributed by atoms with E-state index in [1.807, 2.05) is 0 Å². The van der Waals surface area contributed by atoms with Gasteiger partial charge < -0.3 is 0 Å². The predicted molar refractivity (Wildman–Crippen MR) is 90.9 cm³/mol. The van der Waals surface area contributed by atoms with Crippen molar-refractivity contribution in [3.05, 3.63) is 35.9 Å². The smallest absolute Gasteiger partial charge is 0.0335 e. The van der Waals surface area contributed by atoms with Gasteiger partial charge in [-0.25, -0.2) is 0 Å². The average molecular weight is 288 g/mol. The Balaban J connectivity index is 2.30. The van der Waals surface area contributed by atoms with Gasteiger partial charge in [-0.3, -0.25) is 11.3 Å². The molecule has 0 radical (unpaired) electrons. The molecule has 3 N–H and O–H groups in total. The lowest BCUT2D eigenvalue weighted by Crippen LogP contribution is -2.55. The van der Waals surface area contributed by atoms with Crippen molar-refractivity contribution in [1.82, 2.24) is 5.43 Å². The molecular formula is C19H32N2. The molecule has 1 aliphatic rings. The average Bonchev–Trinajstić information content (AvgIpc) is 2.55. The molecule has 2 rings (SSSR count). The number of nitrogens with one attached hydrogen (secondary N) is 1. The number of hydrogen-bond acceptors (Lipinski definition) is 2. The van der Waals surface area contributed by atoms with Gasteiger partial charge in [0.15, 0.2) is 0 Å². The van der Waals surface area contributed by atoms with Crippen LogP contribution in [0.25, 0.3) is 0 Å². The molecule has 2 heteroatoms. The molecule has 118 valence electrons. The molecule has 1 unspecified atom stereocenters. The van der Waals surface area contributed by atoms with Crippen molar-refractivity contribution in [3.8, 4) is 0 Å². The molecule has 2 nitrogen and oxygen atoms in total. The van der Waals surface area contributed by atoms with Crippen molar-refractivity contribution >= 4 is 0 Å². The maximum absolute atomic E-state index is 6.06. The lowest BCUT2D eigenvalue weighted by molar-refractivity contribution is 0.149. The Morgan fingerprint density at radius 1 is 1.10 bits per heavy atom. The molecule has 1 saturated carbocycles. The summed E-state index contributed by atoms with van der Waals surface area (Å²) in [7, 11) is 0. The lowest BCUT2D eigenvalue weighted by atomic mass is 9.63. The van der Waals surface area contributed by atoms with E-state index in [-0.39, 0.29) is 5.41 Å². The Morgan fingerprint density at radius 2 is 1.67 bits per heavy atom. The van der Waals surface area contributed by atoms with Crippen LogP contribution in [0.3, 0.4) is 0 Å². The highest BCUT2D eigenvalue weighted by Crippen LogP contribution is 2.42. The van der Waals surface area contributed by atoms with E-state index in [1.54, 1.807) is 0 Å².